The van der Waals surface area contributed by atoms with Gasteiger partial charge in [0, 0.05) is 33.1 Å². The Bertz CT molecular complexity index is 1040. The van der Waals surface area contributed by atoms with E-state index in [0.29, 0.717) is 54.2 Å². The van der Waals surface area contributed by atoms with Crippen LogP contribution in [0.1, 0.15) is 18.6 Å². The molecule has 170 valence electrons. The lowest BCUT2D eigenvalue weighted by Gasteiger charge is -2.37. The molecule has 2 fully saturated rings. The van der Waals surface area contributed by atoms with Gasteiger partial charge in [0.2, 0.25) is 11.7 Å². The van der Waals surface area contributed by atoms with Crippen LogP contribution in [-0.4, -0.2) is 82.4 Å². The van der Waals surface area contributed by atoms with E-state index in [-0.39, 0.29) is 19.0 Å². The molecule has 2 aliphatic rings. The lowest BCUT2D eigenvalue weighted by Crippen LogP contribution is -2.49. The zero-order valence-electron chi connectivity index (χ0n) is 17.8. The maximum atomic E-state index is 14.9. The molecule has 10 nitrogen and oxygen atoms in total. The van der Waals surface area contributed by atoms with E-state index in [2.05, 4.69) is 20.5 Å². The topological polar surface area (TPSA) is 107 Å². The van der Waals surface area contributed by atoms with Crippen molar-refractivity contribution < 1.29 is 18.7 Å². The van der Waals surface area contributed by atoms with E-state index in [1.807, 2.05) is 16.7 Å². The Balaban J connectivity index is 1.37. The van der Waals surface area contributed by atoms with Crippen molar-refractivity contribution in [3.8, 4) is 0 Å². The van der Waals surface area contributed by atoms with Crippen molar-refractivity contribution in [2.24, 2.45) is 0 Å². The van der Waals surface area contributed by atoms with Crippen LogP contribution in [0.5, 0.6) is 0 Å². The highest BCUT2D eigenvalue weighted by atomic mass is 32.1. The van der Waals surface area contributed by atoms with Crippen LogP contribution in [-0.2, 0) is 9.53 Å². The number of amides is 2. The number of rotatable bonds is 5. The number of anilines is 2. The Labute approximate surface area is 189 Å². The van der Waals surface area contributed by atoms with E-state index in [1.165, 1.54) is 17.9 Å². The molecule has 0 aliphatic carbocycles. The second-order valence-electron chi connectivity index (χ2n) is 7.71. The minimum Gasteiger partial charge on any atom is -0.442 e. The Morgan fingerprint density at radius 2 is 2.09 bits per heavy atom. The fourth-order valence-electron chi connectivity index (χ4n) is 3.75. The van der Waals surface area contributed by atoms with Gasteiger partial charge in [-0.25, -0.2) is 14.2 Å². The maximum Gasteiger partial charge on any atom is 0.414 e. The van der Waals surface area contributed by atoms with Gasteiger partial charge in [-0.15, -0.1) is 0 Å². The van der Waals surface area contributed by atoms with Crippen LogP contribution in [0.4, 0.5) is 20.6 Å². The van der Waals surface area contributed by atoms with Gasteiger partial charge in [0.1, 0.15) is 22.7 Å². The van der Waals surface area contributed by atoms with Gasteiger partial charge in [-0.1, -0.05) is 12.2 Å². The van der Waals surface area contributed by atoms with Crippen LogP contribution >= 0.6 is 12.2 Å². The molecule has 2 amide bonds. The van der Waals surface area contributed by atoms with E-state index >= 15 is 0 Å². The summed E-state index contributed by atoms with van der Waals surface area (Å²) >= 11 is 5.48. The third-order valence-electron chi connectivity index (χ3n) is 5.39. The molecule has 2 N–H and O–H groups in total. The van der Waals surface area contributed by atoms with Gasteiger partial charge in [0.15, 0.2) is 0 Å². The molecule has 1 atom stereocenters. The lowest BCUT2D eigenvalue weighted by molar-refractivity contribution is -0.119. The highest BCUT2D eigenvalue weighted by molar-refractivity contribution is 7.80. The zero-order valence-corrected chi connectivity index (χ0v) is 18.6. The number of benzene rings is 1. The predicted molar refractivity (Wildman–Crippen MR) is 119 cm³/mol. The first kappa shape index (κ1) is 21.9. The number of ether oxygens (including phenoxy) is 1. The van der Waals surface area contributed by atoms with E-state index < -0.39 is 18.0 Å². The normalized spacial score (nSPS) is 18.7. The third-order valence-corrected chi connectivity index (χ3v) is 5.83. The maximum absolute atomic E-state index is 14.9. The largest absolute Gasteiger partial charge is 0.442 e. The van der Waals surface area contributed by atoms with Crippen molar-refractivity contribution in [2.45, 2.75) is 20.0 Å². The lowest BCUT2D eigenvalue weighted by atomic mass is 10.2. The standard InChI is InChI=1S/C20H24FN7O3S/c1-12-23-18(25-24-12)19(32)27-7-5-26(6-8-27)17-4-3-14(9-16(17)21)28-11-15(31-20(28)30)10-22-13(2)29/h3-4,9,15H,5-8,10-11H2,1-2H3,(H,22,29)(H,23,24,25). The van der Waals surface area contributed by atoms with Crippen molar-refractivity contribution in [2.75, 3.05) is 49.1 Å². The second-order valence-corrected chi connectivity index (χ2v) is 8.10. The number of hydrogen-bond acceptors (Lipinski definition) is 7. The number of hydrogen-bond donors (Lipinski definition) is 2. The van der Waals surface area contributed by atoms with Gasteiger partial charge in [-0.05, 0) is 25.1 Å². The van der Waals surface area contributed by atoms with Crippen molar-refractivity contribution in [1.29, 1.82) is 0 Å². The van der Waals surface area contributed by atoms with Crippen LogP contribution in [0.3, 0.4) is 0 Å². The molecule has 2 aliphatic heterocycles. The number of cyclic esters (lactones) is 1. The summed E-state index contributed by atoms with van der Waals surface area (Å²) in [5, 5.41) is 9.51. The molecular weight excluding hydrogens is 437 g/mol. The van der Waals surface area contributed by atoms with Crippen LogP contribution < -0.4 is 15.1 Å². The summed E-state index contributed by atoms with van der Waals surface area (Å²) in [7, 11) is 0. The molecule has 0 bridgehead atoms. The minimum absolute atomic E-state index is 0.202. The molecule has 1 aromatic carbocycles. The minimum atomic E-state index is -0.558. The smallest absolute Gasteiger partial charge is 0.414 e. The van der Waals surface area contributed by atoms with Crippen LogP contribution in [0.2, 0.25) is 0 Å². The quantitative estimate of drug-likeness (QED) is 0.640. The Kier molecular flexibility index (Phi) is 6.21. The monoisotopic (exact) mass is 461 g/mol. The van der Waals surface area contributed by atoms with Crippen molar-refractivity contribution in [3.63, 3.8) is 0 Å². The fraction of sp³-hybridized carbons (Fsp3) is 0.450. The number of aromatic nitrogens is 3. The highest BCUT2D eigenvalue weighted by Crippen LogP contribution is 2.28. The summed E-state index contributed by atoms with van der Waals surface area (Å²) in [6.07, 6.45) is -1.03. The molecule has 0 radical (unpaired) electrons. The number of aromatic amines is 1. The fourth-order valence-corrected chi connectivity index (χ4v) is 4.02. The average molecular weight is 462 g/mol. The summed E-state index contributed by atoms with van der Waals surface area (Å²) < 4.78 is 20.2. The summed E-state index contributed by atoms with van der Waals surface area (Å²) in [6, 6.07) is 4.71. The predicted octanol–water partition coefficient (Wildman–Crippen LogP) is 1.21. The summed E-state index contributed by atoms with van der Waals surface area (Å²) in [5.41, 5.74) is 0.886. The van der Waals surface area contributed by atoms with Gasteiger partial charge in [-0.2, -0.15) is 5.10 Å². The number of piperazine rings is 1. The first-order chi connectivity index (χ1) is 15.3. The van der Waals surface area contributed by atoms with Crippen LogP contribution in [0.25, 0.3) is 0 Å². The zero-order chi connectivity index (χ0) is 22.8. The Morgan fingerprint density at radius 3 is 2.72 bits per heavy atom. The molecule has 2 aromatic rings. The van der Waals surface area contributed by atoms with Gasteiger partial charge in [0.05, 0.1) is 24.5 Å². The summed E-state index contributed by atoms with van der Waals surface area (Å²) in [6.45, 7) is 6.09. The Hall–Kier alpha value is -3.28. The van der Waals surface area contributed by atoms with Crippen LogP contribution in [0, 0.1) is 12.7 Å². The number of carbonyl (C=O) groups is 2. The first-order valence-corrected chi connectivity index (χ1v) is 10.7. The molecule has 1 aromatic heterocycles. The third kappa shape index (κ3) is 4.64. The molecule has 1 unspecified atom stereocenters. The van der Waals surface area contributed by atoms with Gasteiger partial charge in [-0.3, -0.25) is 14.8 Å². The van der Waals surface area contributed by atoms with E-state index in [1.54, 1.807) is 12.1 Å². The average Bonchev–Trinajstić information content (AvgIpc) is 3.37. The van der Waals surface area contributed by atoms with Gasteiger partial charge < -0.3 is 19.9 Å². The summed E-state index contributed by atoms with van der Waals surface area (Å²) in [5.74, 6) is 0.579. The number of thiocarbonyl (C=S) groups is 1. The molecular formula is C20H24FN7O3S. The number of nitrogens with one attached hydrogen (secondary N) is 2. The number of carbonyl (C=O) groups excluding carboxylic acids is 2. The second kappa shape index (κ2) is 9.07. The van der Waals surface area contributed by atoms with Crippen molar-refractivity contribution in [1.82, 2.24) is 25.4 Å². The molecule has 2 saturated heterocycles. The van der Waals surface area contributed by atoms with E-state index in [4.69, 9.17) is 17.0 Å². The first-order valence-electron chi connectivity index (χ1n) is 10.3. The van der Waals surface area contributed by atoms with Gasteiger partial charge >= 0.3 is 6.09 Å². The molecule has 0 spiro atoms. The molecule has 3 heterocycles. The van der Waals surface area contributed by atoms with Crippen molar-refractivity contribution >= 4 is 40.6 Å². The number of halogens is 1. The molecule has 12 heteroatoms. The molecule has 4 rings (SSSR count). The Morgan fingerprint density at radius 1 is 1.34 bits per heavy atom. The molecule has 32 heavy (non-hydrogen) atoms. The van der Waals surface area contributed by atoms with E-state index in [0.717, 1.165) is 0 Å². The SMILES string of the molecule is CC(=O)NCC1CN(c2ccc(N3CCN(C(=S)c4n[nH]c(C)n4)CC3)c(F)c2)C(=O)O1. The number of nitrogens with zero attached hydrogens (tertiary/aromatic N) is 5. The van der Waals surface area contributed by atoms with Crippen molar-refractivity contribution in [3.05, 3.63) is 35.7 Å². The number of H-pyrrole nitrogens is 1. The summed E-state index contributed by atoms with van der Waals surface area (Å²) in [4.78, 5) is 33.4. The van der Waals surface area contributed by atoms with E-state index in [9.17, 15) is 14.0 Å². The molecule has 0 saturated carbocycles. The van der Waals surface area contributed by atoms with Crippen LogP contribution in [0.15, 0.2) is 18.2 Å². The van der Waals surface area contributed by atoms with Gasteiger partial charge in [0.25, 0.3) is 0 Å². The number of aryl methyl sites for hydroxylation is 1. The highest BCUT2D eigenvalue weighted by Gasteiger charge is 2.33.